The van der Waals surface area contributed by atoms with Gasteiger partial charge in [-0.25, -0.2) is 0 Å². The summed E-state index contributed by atoms with van der Waals surface area (Å²) in [5.74, 6) is 0.126. The lowest BCUT2D eigenvalue weighted by Gasteiger charge is -2.37. The third-order valence-corrected chi connectivity index (χ3v) is 4.68. The molecule has 1 aliphatic heterocycles. The Hall–Kier alpha value is -0.580. The average molecular weight is 303 g/mol. The minimum absolute atomic E-state index is 0. The van der Waals surface area contributed by atoms with Crippen molar-refractivity contribution in [2.45, 2.75) is 51.6 Å². The molecule has 108 valence electrons. The molecule has 1 aromatic heterocycles. The second-order valence-corrected chi connectivity index (χ2v) is 5.90. The smallest absolute Gasteiger partial charge is 0.240 e. The Kier molecular flexibility index (Phi) is 6.30. The molecule has 3 nitrogen and oxygen atoms in total. The number of hydrogen-bond acceptors (Lipinski definition) is 3. The van der Waals surface area contributed by atoms with E-state index in [-0.39, 0.29) is 30.4 Å². The molecule has 1 amide bonds. The van der Waals surface area contributed by atoms with Gasteiger partial charge in [-0.3, -0.25) is 4.79 Å². The molecule has 19 heavy (non-hydrogen) atoms. The van der Waals surface area contributed by atoms with E-state index in [1.54, 1.807) is 0 Å². The van der Waals surface area contributed by atoms with E-state index in [1.165, 1.54) is 10.4 Å². The lowest BCUT2D eigenvalue weighted by Crippen LogP contribution is -2.47. The number of carbonyl (C=O) groups is 1. The van der Waals surface area contributed by atoms with Crippen molar-refractivity contribution >= 4 is 29.7 Å². The minimum Gasteiger partial charge on any atom is -0.334 e. The summed E-state index contributed by atoms with van der Waals surface area (Å²) >= 11 is 1.81. The van der Waals surface area contributed by atoms with Gasteiger partial charge in [0.2, 0.25) is 5.91 Å². The van der Waals surface area contributed by atoms with Crippen LogP contribution in [-0.4, -0.2) is 23.4 Å². The van der Waals surface area contributed by atoms with Crippen LogP contribution in [0.1, 0.15) is 49.6 Å². The molecule has 0 aliphatic carbocycles. The van der Waals surface area contributed by atoms with Crippen LogP contribution in [0.5, 0.6) is 0 Å². The highest BCUT2D eigenvalue weighted by Gasteiger charge is 2.32. The van der Waals surface area contributed by atoms with Crippen LogP contribution in [0.2, 0.25) is 0 Å². The molecule has 2 heterocycles. The maximum absolute atomic E-state index is 12.4. The number of rotatable bonds is 4. The van der Waals surface area contributed by atoms with Crippen molar-refractivity contribution in [1.82, 2.24) is 4.90 Å². The van der Waals surface area contributed by atoms with Gasteiger partial charge in [0, 0.05) is 11.4 Å². The average Bonchev–Trinajstić information content (AvgIpc) is 2.85. The number of fused-ring (bicyclic) bond motifs is 1. The first kappa shape index (κ1) is 16.5. The lowest BCUT2D eigenvalue weighted by atomic mass is 9.96. The highest BCUT2D eigenvalue weighted by atomic mass is 35.5. The van der Waals surface area contributed by atoms with Crippen molar-refractivity contribution < 1.29 is 4.79 Å². The van der Waals surface area contributed by atoms with E-state index >= 15 is 0 Å². The Morgan fingerprint density at radius 2 is 2.32 bits per heavy atom. The minimum atomic E-state index is -0.329. The van der Waals surface area contributed by atoms with Crippen LogP contribution in [0.4, 0.5) is 0 Å². The van der Waals surface area contributed by atoms with E-state index in [2.05, 4.69) is 25.3 Å². The van der Waals surface area contributed by atoms with E-state index < -0.39 is 0 Å². The van der Waals surface area contributed by atoms with Crippen LogP contribution in [0.3, 0.4) is 0 Å². The highest BCUT2D eigenvalue weighted by Crippen LogP contribution is 2.35. The molecule has 2 unspecified atom stereocenters. The monoisotopic (exact) mass is 302 g/mol. The first-order chi connectivity index (χ1) is 8.69. The SMILES string of the molecule is CCCC(N)C(=O)N1CCc2sccc2C1CC.Cl. The van der Waals surface area contributed by atoms with Crippen LogP contribution < -0.4 is 5.73 Å². The molecule has 0 saturated carbocycles. The summed E-state index contributed by atoms with van der Waals surface area (Å²) in [7, 11) is 0. The molecular formula is C14H23ClN2OS. The normalized spacial score (nSPS) is 19.5. The highest BCUT2D eigenvalue weighted by molar-refractivity contribution is 7.10. The van der Waals surface area contributed by atoms with Crippen molar-refractivity contribution in [1.29, 1.82) is 0 Å². The molecular weight excluding hydrogens is 280 g/mol. The number of halogens is 1. The van der Waals surface area contributed by atoms with Gasteiger partial charge in [-0.1, -0.05) is 20.3 Å². The van der Waals surface area contributed by atoms with E-state index in [1.807, 2.05) is 16.2 Å². The van der Waals surface area contributed by atoms with Crippen molar-refractivity contribution in [3.05, 3.63) is 21.9 Å². The summed E-state index contributed by atoms with van der Waals surface area (Å²) in [6.07, 6.45) is 3.69. The second kappa shape index (κ2) is 7.27. The number of carbonyl (C=O) groups excluding carboxylic acids is 1. The maximum Gasteiger partial charge on any atom is 0.240 e. The zero-order valence-corrected chi connectivity index (χ0v) is 13.2. The van der Waals surface area contributed by atoms with Gasteiger partial charge in [0.25, 0.3) is 0 Å². The standard InChI is InChI=1S/C14H22N2OS.ClH/c1-3-5-11(15)14(17)16-8-6-13-10(7-9-18-13)12(16)4-2;/h7,9,11-12H,3-6,8,15H2,1-2H3;1H. The predicted octanol–water partition coefficient (Wildman–Crippen LogP) is 3.13. The largest absolute Gasteiger partial charge is 0.334 e. The lowest BCUT2D eigenvalue weighted by molar-refractivity contribution is -0.135. The van der Waals surface area contributed by atoms with Crippen molar-refractivity contribution in [2.24, 2.45) is 5.73 Å². The van der Waals surface area contributed by atoms with Gasteiger partial charge in [-0.2, -0.15) is 0 Å². The van der Waals surface area contributed by atoms with Crippen molar-refractivity contribution in [2.75, 3.05) is 6.54 Å². The summed E-state index contributed by atoms with van der Waals surface area (Å²) in [6.45, 7) is 5.03. The van der Waals surface area contributed by atoms with Gasteiger partial charge in [0.1, 0.15) is 0 Å². The Bertz CT molecular complexity index is 421. The molecule has 5 heteroatoms. The van der Waals surface area contributed by atoms with Gasteiger partial charge >= 0.3 is 0 Å². The Morgan fingerprint density at radius 1 is 1.58 bits per heavy atom. The van der Waals surface area contributed by atoms with Crippen molar-refractivity contribution in [3.8, 4) is 0 Å². The first-order valence-electron chi connectivity index (χ1n) is 6.81. The Balaban J connectivity index is 0.00000180. The first-order valence-corrected chi connectivity index (χ1v) is 7.69. The Morgan fingerprint density at radius 3 is 2.95 bits per heavy atom. The van der Waals surface area contributed by atoms with Gasteiger partial charge in [0.15, 0.2) is 0 Å². The molecule has 2 atom stereocenters. The quantitative estimate of drug-likeness (QED) is 0.929. The molecule has 0 saturated heterocycles. The summed E-state index contributed by atoms with van der Waals surface area (Å²) in [5, 5.41) is 2.13. The van der Waals surface area contributed by atoms with Crippen LogP contribution in [0.15, 0.2) is 11.4 Å². The summed E-state index contributed by atoms with van der Waals surface area (Å²) in [4.78, 5) is 15.8. The van der Waals surface area contributed by atoms with Crippen LogP contribution >= 0.6 is 23.7 Å². The Labute approximate surface area is 125 Å². The van der Waals surface area contributed by atoms with Crippen LogP contribution in [0, 0.1) is 0 Å². The second-order valence-electron chi connectivity index (χ2n) is 4.90. The number of nitrogens with two attached hydrogens (primary N) is 1. The maximum atomic E-state index is 12.4. The fourth-order valence-corrected chi connectivity index (χ4v) is 3.68. The zero-order chi connectivity index (χ0) is 13.1. The molecule has 0 spiro atoms. The zero-order valence-electron chi connectivity index (χ0n) is 11.6. The molecule has 2 rings (SSSR count). The fraction of sp³-hybridized carbons (Fsp3) is 0.643. The molecule has 1 aromatic rings. The topological polar surface area (TPSA) is 46.3 Å². The molecule has 2 N–H and O–H groups in total. The summed E-state index contributed by atoms with van der Waals surface area (Å²) in [5.41, 5.74) is 7.32. The summed E-state index contributed by atoms with van der Waals surface area (Å²) < 4.78 is 0. The number of amides is 1. The fourth-order valence-electron chi connectivity index (χ4n) is 2.75. The molecule has 0 aromatic carbocycles. The number of hydrogen-bond donors (Lipinski definition) is 1. The van der Waals surface area contributed by atoms with Crippen LogP contribution in [-0.2, 0) is 11.2 Å². The van der Waals surface area contributed by atoms with Gasteiger partial charge in [0.05, 0.1) is 12.1 Å². The summed E-state index contributed by atoms with van der Waals surface area (Å²) in [6, 6.07) is 2.07. The molecule has 0 fully saturated rings. The van der Waals surface area contributed by atoms with Gasteiger partial charge in [-0.05, 0) is 36.3 Å². The molecule has 0 bridgehead atoms. The third kappa shape index (κ3) is 3.30. The van der Waals surface area contributed by atoms with Gasteiger partial charge in [-0.15, -0.1) is 23.7 Å². The number of thiophene rings is 1. The van der Waals surface area contributed by atoms with E-state index in [0.29, 0.717) is 0 Å². The predicted molar refractivity (Wildman–Crippen MR) is 82.9 cm³/mol. The molecule has 0 radical (unpaired) electrons. The molecule has 1 aliphatic rings. The van der Waals surface area contributed by atoms with E-state index in [4.69, 9.17) is 5.73 Å². The van der Waals surface area contributed by atoms with Crippen molar-refractivity contribution in [3.63, 3.8) is 0 Å². The van der Waals surface area contributed by atoms with E-state index in [0.717, 1.165) is 32.2 Å². The van der Waals surface area contributed by atoms with E-state index in [9.17, 15) is 4.79 Å². The number of nitrogens with zero attached hydrogens (tertiary/aromatic N) is 1. The third-order valence-electron chi connectivity index (χ3n) is 3.68. The van der Waals surface area contributed by atoms with Crippen LogP contribution in [0.25, 0.3) is 0 Å². The van der Waals surface area contributed by atoms with Gasteiger partial charge < -0.3 is 10.6 Å².